The summed E-state index contributed by atoms with van der Waals surface area (Å²) >= 11 is 1.51. The summed E-state index contributed by atoms with van der Waals surface area (Å²) in [6.45, 7) is 7.68. The van der Waals surface area contributed by atoms with Crippen molar-refractivity contribution in [3.63, 3.8) is 0 Å². The van der Waals surface area contributed by atoms with E-state index in [1.807, 2.05) is 40.6 Å². The molecule has 2 aromatic rings. The number of carbonyl (C=O) groups excluding carboxylic acids is 2. The maximum absolute atomic E-state index is 13.4. The third kappa shape index (κ3) is 4.07. The van der Waals surface area contributed by atoms with E-state index in [9.17, 15) is 9.59 Å². The van der Waals surface area contributed by atoms with E-state index >= 15 is 0 Å². The van der Waals surface area contributed by atoms with Crippen LogP contribution >= 0.6 is 11.3 Å². The van der Waals surface area contributed by atoms with Crippen LogP contribution in [0.1, 0.15) is 35.4 Å². The minimum Gasteiger partial charge on any atom is -0.339 e. The van der Waals surface area contributed by atoms with E-state index in [2.05, 4.69) is 28.5 Å². The number of rotatable bonds is 8. The highest BCUT2D eigenvalue weighted by atomic mass is 32.1. The number of carbonyl (C=O) groups is 2. The second kappa shape index (κ2) is 9.14. The van der Waals surface area contributed by atoms with Crippen LogP contribution in [0.2, 0.25) is 0 Å². The summed E-state index contributed by atoms with van der Waals surface area (Å²) in [5, 5.41) is 1.95. The minimum absolute atomic E-state index is 0.221. The number of thiophene rings is 1. The SMILES string of the molecule is C=CCN1CN(c2ccccc2)C2(CCN(CCCC(=O)c3cccs3)CC2)C1=O. The smallest absolute Gasteiger partial charge is 0.250 e. The van der Waals surface area contributed by atoms with Gasteiger partial charge in [-0.2, -0.15) is 0 Å². The molecule has 0 saturated carbocycles. The first-order valence-corrected chi connectivity index (χ1v) is 11.5. The molecule has 1 aromatic heterocycles. The van der Waals surface area contributed by atoms with Crippen molar-refractivity contribution in [1.29, 1.82) is 0 Å². The second-order valence-corrected chi connectivity index (χ2v) is 9.05. The zero-order chi connectivity index (χ0) is 21.0. The molecule has 2 fully saturated rings. The van der Waals surface area contributed by atoms with Crippen LogP contribution in [0, 0.1) is 0 Å². The number of piperidine rings is 1. The van der Waals surface area contributed by atoms with E-state index in [-0.39, 0.29) is 11.7 Å². The van der Waals surface area contributed by atoms with Crippen LogP contribution in [0.3, 0.4) is 0 Å². The predicted octanol–water partition coefficient (Wildman–Crippen LogP) is 4.04. The molecule has 30 heavy (non-hydrogen) atoms. The number of para-hydroxylation sites is 1. The van der Waals surface area contributed by atoms with Crippen molar-refractivity contribution >= 4 is 28.7 Å². The monoisotopic (exact) mass is 423 g/mol. The van der Waals surface area contributed by atoms with Gasteiger partial charge in [0.2, 0.25) is 5.91 Å². The van der Waals surface area contributed by atoms with Gasteiger partial charge in [-0.3, -0.25) is 9.59 Å². The Kier molecular flexibility index (Phi) is 6.35. The molecule has 0 aliphatic carbocycles. The van der Waals surface area contributed by atoms with E-state index in [0.29, 0.717) is 19.6 Å². The average molecular weight is 424 g/mol. The van der Waals surface area contributed by atoms with Gasteiger partial charge in [-0.1, -0.05) is 30.3 Å². The fourth-order valence-electron chi connectivity index (χ4n) is 4.67. The number of Topliss-reactive ketones (excluding diaryl/α,β-unsaturated/α-hetero) is 1. The number of hydrogen-bond acceptors (Lipinski definition) is 5. The molecule has 1 amide bonds. The first kappa shape index (κ1) is 20.8. The average Bonchev–Trinajstić information content (AvgIpc) is 3.40. The summed E-state index contributed by atoms with van der Waals surface area (Å²) in [7, 11) is 0. The topological polar surface area (TPSA) is 43.9 Å². The molecule has 0 atom stereocenters. The molecule has 3 heterocycles. The molecule has 2 aliphatic heterocycles. The van der Waals surface area contributed by atoms with Crippen LogP contribution in [0.25, 0.3) is 0 Å². The van der Waals surface area contributed by atoms with Gasteiger partial charge in [0.05, 0.1) is 11.5 Å². The molecule has 0 N–H and O–H groups in total. The molecule has 0 radical (unpaired) electrons. The standard InChI is InChI=1S/C24H29N3O2S/c1-2-14-26-19-27(20-8-4-3-5-9-20)24(23(26)29)12-16-25(17-13-24)15-6-10-21(28)22-11-7-18-30-22/h2-5,7-9,11,18H,1,6,10,12-17,19H2. The number of likely N-dealkylation sites (tertiary alicyclic amines) is 1. The van der Waals surface area contributed by atoms with Gasteiger partial charge in [-0.05, 0) is 49.4 Å². The highest BCUT2D eigenvalue weighted by Crippen LogP contribution is 2.39. The summed E-state index contributed by atoms with van der Waals surface area (Å²) < 4.78 is 0. The van der Waals surface area contributed by atoms with Crippen LogP contribution in [0.15, 0.2) is 60.5 Å². The fourth-order valence-corrected chi connectivity index (χ4v) is 5.36. The molecule has 0 unspecified atom stereocenters. The van der Waals surface area contributed by atoms with Gasteiger partial charge >= 0.3 is 0 Å². The number of hydrogen-bond donors (Lipinski definition) is 0. The largest absolute Gasteiger partial charge is 0.339 e. The Hall–Kier alpha value is -2.44. The highest BCUT2D eigenvalue weighted by molar-refractivity contribution is 7.12. The Bertz CT molecular complexity index is 873. The number of amides is 1. The van der Waals surface area contributed by atoms with Gasteiger partial charge in [0.1, 0.15) is 5.54 Å². The number of nitrogens with zero attached hydrogens (tertiary/aromatic N) is 3. The van der Waals surface area contributed by atoms with Crippen molar-refractivity contribution in [2.24, 2.45) is 0 Å². The van der Waals surface area contributed by atoms with Crippen molar-refractivity contribution in [3.05, 3.63) is 65.4 Å². The molecule has 0 bridgehead atoms. The Morgan fingerprint density at radius 1 is 1.13 bits per heavy atom. The molecule has 5 nitrogen and oxygen atoms in total. The molecule has 2 aliphatic rings. The van der Waals surface area contributed by atoms with Crippen LogP contribution < -0.4 is 4.90 Å². The lowest BCUT2D eigenvalue weighted by Gasteiger charge is -2.43. The third-order valence-corrected chi connectivity index (χ3v) is 7.20. The first-order valence-electron chi connectivity index (χ1n) is 10.7. The lowest BCUT2D eigenvalue weighted by molar-refractivity contribution is -0.133. The van der Waals surface area contributed by atoms with Gasteiger partial charge in [0, 0.05) is 31.7 Å². The van der Waals surface area contributed by atoms with Gasteiger partial charge in [-0.25, -0.2) is 0 Å². The fraction of sp³-hybridized carbons (Fsp3) is 0.417. The summed E-state index contributed by atoms with van der Waals surface area (Å²) in [4.78, 5) is 33.0. The minimum atomic E-state index is -0.465. The summed E-state index contributed by atoms with van der Waals surface area (Å²) in [5.74, 6) is 0.457. The van der Waals surface area contributed by atoms with Gasteiger partial charge in [0.15, 0.2) is 5.78 Å². The van der Waals surface area contributed by atoms with Crippen LogP contribution in [0.4, 0.5) is 5.69 Å². The first-order chi connectivity index (χ1) is 14.6. The van der Waals surface area contributed by atoms with Crippen molar-refractivity contribution in [3.8, 4) is 0 Å². The Balaban J connectivity index is 1.38. The maximum Gasteiger partial charge on any atom is 0.250 e. The van der Waals surface area contributed by atoms with Gasteiger partial charge in [0.25, 0.3) is 0 Å². The zero-order valence-electron chi connectivity index (χ0n) is 17.3. The molecule has 6 heteroatoms. The van der Waals surface area contributed by atoms with E-state index in [1.165, 1.54) is 11.3 Å². The zero-order valence-corrected chi connectivity index (χ0v) is 18.2. The number of benzene rings is 1. The van der Waals surface area contributed by atoms with Crippen LogP contribution in [0.5, 0.6) is 0 Å². The van der Waals surface area contributed by atoms with E-state index in [1.54, 1.807) is 6.08 Å². The molecule has 1 aromatic carbocycles. The lowest BCUT2D eigenvalue weighted by Crippen LogP contribution is -2.56. The lowest BCUT2D eigenvalue weighted by atomic mass is 9.85. The van der Waals surface area contributed by atoms with Gasteiger partial charge in [-0.15, -0.1) is 17.9 Å². The highest BCUT2D eigenvalue weighted by Gasteiger charge is 2.53. The second-order valence-electron chi connectivity index (χ2n) is 8.10. The molecule has 2 saturated heterocycles. The van der Waals surface area contributed by atoms with Gasteiger partial charge < -0.3 is 14.7 Å². The quantitative estimate of drug-likeness (QED) is 0.475. The molecular formula is C24H29N3O2S. The van der Waals surface area contributed by atoms with Crippen molar-refractivity contribution in [1.82, 2.24) is 9.80 Å². The molecule has 1 spiro atoms. The Labute approximate surface area is 182 Å². The summed E-state index contributed by atoms with van der Waals surface area (Å²) in [5.41, 5.74) is 0.639. The molecular weight excluding hydrogens is 394 g/mol. The molecule has 158 valence electrons. The Morgan fingerprint density at radius 3 is 2.57 bits per heavy atom. The number of anilines is 1. The Morgan fingerprint density at radius 2 is 1.90 bits per heavy atom. The van der Waals surface area contributed by atoms with Crippen LogP contribution in [-0.2, 0) is 4.79 Å². The summed E-state index contributed by atoms with van der Waals surface area (Å²) in [6.07, 6.45) is 4.88. The summed E-state index contributed by atoms with van der Waals surface area (Å²) in [6, 6.07) is 14.1. The van der Waals surface area contributed by atoms with Crippen molar-refractivity contribution in [2.45, 2.75) is 31.2 Å². The van der Waals surface area contributed by atoms with E-state index in [0.717, 1.165) is 49.5 Å². The van der Waals surface area contributed by atoms with E-state index < -0.39 is 5.54 Å². The van der Waals surface area contributed by atoms with Crippen molar-refractivity contribution < 1.29 is 9.59 Å². The normalized spacial score (nSPS) is 18.9. The van der Waals surface area contributed by atoms with Crippen molar-refractivity contribution in [2.75, 3.05) is 37.7 Å². The maximum atomic E-state index is 13.4. The van der Waals surface area contributed by atoms with E-state index in [4.69, 9.17) is 0 Å². The molecule has 4 rings (SSSR count). The number of ketones is 1. The third-order valence-electron chi connectivity index (χ3n) is 6.29. The van der Waals surface area contributed by atoms with Crippen LogP contribution in [-0.4, -0.2) is 59.9 Å². The predicted molar refractivity (Wildman–Crippen MR) is 122 cm³/mol.